The van der Waals surface area contributed by atoms with E-state index in [-0.39, 0.29) is 0 Å². The fourth-order valence-corrected chi connectivity index (χ4v) is 1.66. The molecule has 1 aromatic rings. The SMILES string of the molecule is CCOCCOCc1c(N)cccc1Br. The van der Waals surface area contributed by atoms with Gasteiger partial charge in [-0.05, 0) is 19.1 Å². The summed E-state index contributed by atoms with van der Waals surface area (Å²) in [5.74, 6) is 0. The topological polar surface area (TPSA) is 44.5 Å². The molecule has 0 radical (unpaired) electrons. The molecule has 1 aromatic carbocycles. The summed E-state index contributed by atoms with van der Waals surface area (Å²) in [6, 6.07) is 5.73. The molecular formula is C11H16BrNO2. The molecule has 15 heavy (non-hydrogen) atoms. The number of nitrogen functional groups attached to an aromatic ring is 1. The zero-order valence-electron chi connectivity index (χ0n) is 8.83. The Morgan fingerprint density at radius 2 is 2.00 bits per heavy atom. The van der Waals surface area contributed by atoms with Crippen molar-refractivity contribution in [2.75, 3.05) is 25.6 Å². The molecule has 84 valence electrons. The first-order valence-electron chi connectivity index (χ1n) is 4.94. The maximum absolute atomic E-state index is 5.82. The summed E-state index contributed by atoms with van der Waals surface area (Å²) in [5, 5.41) is 0. The Labute approximate surface area is 98.7 Å². The van der Waals surface area contributed by atoms with Gasteiger partial charge in [-0.1, -0.05) is 22.0 Å². The van der Waals surface area contributed by atoms with E-state index < -0.39 is 0 Å². The molecule has 4 heteroatoms. The van der Waals surface area contributed by atoms with E-state index in [2.05, 4.69) is 15.9 Å². The highest BCUT2D eigenvalue weighted by Crippen LogP contribution is 2.22. The summed E-state index contributed by atoms with van der Waals surface area (Å²) in [4.78, 5) is 0. The van der Waals surface area contributed by atoms with E-state index in [0.29, 0.717) is 19.8 Å². The van der Waals surface area contributed by atoms with E-state index >= 15 is 0 Å². The van der Waals surface area contributed by atoms with Crippen molar-refractivity contribution in [1.82, 2.24) is 0 Å². The molecule has 1 rings (SSSR count). The second-order valence-electron chi connectivity index (χ2n) is 3.06. The van der Waals surface area contributed by atoms with Gasteiger partial charge in [0.15, 0.2) is 0 Å². The predicted octanol–water partition coefficient (Wildman–Crippen LogP) is 2.58. The van der Waals surface area contributed by atoms with Crippen molar-refractivity contribution < 1.29 is 9.47 Å². The van der Waals surface area contributed by atoms with Gasteiger partial charge in [0.25, 0.3) is 0 Å². The summed E-state index contributed by atoms with van der Waals surface area (Å²) >= 11 is 3.44. The number of hydrogen-bond acceptors (Lipinski definition) is 3. The van der Waals surface area contributed by atoms with Crippen LogP contribution in [0.15, 0.2) is 22.7 Å². The van der Waals surface area contributed by atoms with Crippen molar-refractivity contribution in [2.45, 2.75) is 13.5 Å². The third kappa shape index (κ3) is 4.20. The minimum absolute atomic E-state index is 0.514. The molecule has 0 saturated carbocycles. The molecule has 0 unspecified atom stereocenters. The summed E-state index contributed by atoms with van der Waals surface area (Å²) < 4.78 is 11.6. The van der Waals surface area contributed by atoms with Crippen molar-refractivity contribution in [1.29, 1.82) is 0 Å². The second kappa shape index (κ2) is 6.82. The number of ether oxygens (including phenoxy) is 2. The molecule has 0 saturated heterocycles. The maximum Gasteiger partial charge on any atom is 0.0749 e. The normalized spacial score (nSPS) is 10.5. The van der Waals surface area contributed by atoms with Crippen LogP contribution in [0.5, 0.6) is 0 Å². The Balaban J connectivity index is 2.37. The van der Waals surface area contributed by atoms with Crippen molar-refractivity contribution in [3.05, 3.63) is 28.2 Å². The zero-order chi connectivity index (χ0) is 11.1. The summed E-state index contributed by atoms with van der Waals surface area (Å²) in [5.41, 5.74) is 7.57. The van der Waals surface area contributed by atoms with Crippen LogP contribution in [0.1, 0.15) is 12.5 Å². The van der Waals surface area contributed by atoms with Crippen LogP contribution in [-0.2, 0) is 16.1 Å². The van der Waals surface area contributed by atoms with Crippen molar-refractivity contribution >= 4 is 21.6 Å². The Morgan fingerprint density at radius 3 is 2.67 bits per heavy atom. The van der Waals surface area contributed by atoms with E-state index in [1.165, 1.54) is 0 Å². The van der Waals surface area contributed by atoms with Gasteiger partial charge in [0.05, 0.1) is 19.8 Å². The van der Waals surface area contributed by atoms with Crippen LogP contribution in [0.25, 0.3) is 0 Å². The maximum atomic E-state index is 5.82. The first-order chi connectivity index (χ1) is 7.25. The van der Waals surface area contributed by atoms with Crippen molar-refractivity contribution in [2.24, 2.45) is 0 Å². The van der Waals surface area contributed by atoms with Gasteiger partial charge in [-0.25, -0.2) is 0 Å². The highest BCUT2D eigenvalue weighted by atomic mass is 79.9. The van der Waals surface area contributed by atoms with Gasteiger partial charge in [0.2, 0.25) is 0 Å². The van der Waals surface area contributed by atoms with Gasteiger partial charge < -0.3 is 15.2 Å². The fourth-order valence-electron chi connectivity index (χ4n) is 1.16. The van der Waals surface area contributed by atoms with Crippen LogP contribution in [0.4, 0.5) is 5.69 Å². The smallest absolute Gasteiger partial charge is 0.0749 e. The highest BCUT2D eigenvalue weighted by Gasteiger charge is 2.03. The molecule has 0 fully saturated rings. The van der Waals surface area contributed by atoms with Gasteiger partial charge in [-0.3, -0.25) is 0 Å². The first-order valence-corrected chi connectivity index (χ1v) is 5.73. The molecule has 0 spiro atoms. The zero-order valence-corrected chi connectivity index (χ0v) is 10.4. The van der Waals surface area contributed by atoms with E-state index in [1.54, 1.807) is 0 Å². The lowest BCUT2D eigenvalue weighted by atomic mass is 10.2. The molecule has 0 aromatic heterocycles. The lowest BCUT2D eigenvalue weighted by Crippen LogP contribution is -2.05. The number of benzene rings is 1. The van der Waals surface area contributed by atoms with Gasteiger partial charge in [-0.2, -0.15) is 0 Å². The molecule has 0 heterocycles. The van der Waals surface area contributed by atoms with Gasteiger partial charge >= 0.3 is 0 Å². The minimum Gasteiger partial charge on any atom is -0.398 e. The molecule has 3 nitrogen and oxygen atoms in total. The van der Waals surface area contributed by atoms with Crippen LogP contribution < -0.4 is 5.73 Å². The number of hydrogen-bond donors (Lipinski definition) is 1. The van der Waals surface area contributed by atoms with E-state index in [0.717, 1.165) is 22.3 Å². The van der Waals surface area contributed by atoms with Crippen LogP contribution in [-0.4, -0.2) is 19.8 Å². The Hall–Kier alpha value is -0.580. The average Bonchev–Trinajstić information content (AvgIpc) is 2.21. The molecular weight excluding hydrogens is 258 g/mol. The molecule has 0 aliphatic heterocycles. The number of halogens is 1. The van der Waals surface area contributed by atoms with E-state index in [1.807, 2.05) is 25.1 Å². The Bertz CT molecular complexity index is 284. The Kier molecular flexibility index (Phi) is 5.68. The quantitative estimate of drug-likeness (QED) is 0.640. The largest absolute Gasteiger partial charge is 0.398 e. The van der Waals surface area contributed by atoms with Crippen LogP contribution >= 0.6 is 15.9 Å². The highest BCUT2D eigenvalue weighted by molar-refractivity contribution is 9.10. The van der Waals surface area contributed by atoms with Crippen molar-refractivity contribution in [3.8, 4) is 0 Å². The molecule has 0 bridgehead atoms. The molecule has 0 atom stereocenters. The first kappa shape index (κ1) is 12.5. The van der Waals surface area contributed by atoms with E-state index in [4.69, 9.17) is 15.2 Å². The lowest BCUT2D eigenvalue weighted by molar-refractivity contribution is 0.0453. The van der Waals surface area contributed by atoms with Crippen molar-refractivity contribution in [3.63, 3.8) is 0 Å². The minimum atomic E-state index is 0.514. The van der Waals surface area contributed by atoms with Gasteiger partial charge in [-0.15, -0.1) is 0 Å². The fraction of sp³-hybridized carbons (Fsp3) is 0.455. The molecule has 0 amide bonds. The number of anilines is 1. The second-order valence-corrected chi connectivity index (χ2v) is 3.91. The lowest BCUT2D eigenvalue weighted by Gasteiger charge is -2.09. The summed E-state index contributed by atoms with van der Waals surface area (Å²) in [7, 11) is 0. The monoisotopic (exact) mass is 273 g/mol. The molecule has 2 N–H and O–H groups in total. The van der Waals surface area contributed by atoms with E-state index in [9.17, 15) is 0 Å². The third-order valence-corrected chi connectivity index (χ3v) is 2.72. The van der Waals surface area contributed by atoms with Gasteiger partial charge in [0.1, 0.15) is 0 Å². The summed E-state index contributed by atoms with van der Waals surface area (Å²) in [6.07, 6.45) is 0. The summed E-state index contributed by atoms with van der Waals surface area (Å²) in [6.45, 7) is 4.42. The number of rotatable bonds is 6. The average molecular weight is 274 g/mol. The molecule has 0 aliphatic rings. The van der Waals surface area contributed by atoms with Crippen LogP contribution in [0.2, 0.25) is 0 Å². The standard InChI is InChI=1S/C11H16BrNO2/c1-2-14-6-7-15-8-9-10(12)4-3-5-11(9)13/h3-5H,2,6-8,13H2,1H3. The predicted molar refractivity (Wildman–Crippen MR) is 64.7 cm³/mol. The van der Waals surface area contributed by atoms with Crippen LogP contribution in [0.3, 0.4) is 0 Å². The third-order valence-electron chi connectivity index (χ3n) is 1.98. The Morgan fingerprint density at radius 1 is 1.27 bits per heavy atom. The number of nitrogens with two attached hydrogens (primary N) is 1. The van der Waals surface area contributed by atoms with Crippen LogP contribution in [0, 0.1) is 0 Å². The van der Waals surface area contributed by atoms with Gasteiger partial charge in [0, 0.05) is 22.3 Å². The molecule has 0 aliphatic carbocycles.